The molecule has 2 aliphatic heterocycles. The molecule has 2 aromatic rings. The summed E-state index contributed by atoms with van der Waals surface area (Å²) in [7, 11) is 0. The minimum absolute atomic E-state index is 0.0697. The Morgan fingerprint density at radius 1 is 1.35 bits per heavy atom. The molecule has 2 amide bonds. The number of aliphatic carboxylic acids is 1. The molecule has 2 aromatic heterocycles. The van der Waals surface area contributed by atoms with Crippen LogP contribution in [0.1, 0.15) is 5.69 Å². The Bertz CT molecular complexity index is 1230. The number of fused-ring (bicyclic) bond motifs is 1. The Balaban J connectivity index is 1.49. The average Bonchev–Trinajstić information content (AvgIpc) is 3.43. The molecule has 0 aromatic carbocycles. The van der Waals surface area contributed by atoms with Crippen molar-refractivity contribution in [1.82, 2.24) is 25.4 Å². The maximum atomic E-state index is 12.9. The number of nitrogens with zero attached hydrogens (tertiary/aromatic N) is 4. The van der Waals surface area contributed by atoms with Crippen LogP contribution in [-0.2, 0) is 14.4 Å². The van der Waals surface area contributed by atoms with Gasteiger partial charge in [0.15, 0.2) is 13.8 Å². The summed E-state index contributed by atoms with van der Waals surface area (Å²) in [6.45, 7) is 0. The van der Waals surface area contributed by atoms with E-state index in [0.717, 1.165) is 15.7 Å². The number of hydrogen-bond acceptors (Lipinski definition) is 12. The standard InChI is InChI=1S/C17H14Cl2N6O4S5/c1-30-16-23-24-17(34-16)33-3-5-2-31-13-8(12(27)25(13)9(5)14(28)29)22-11(26)7(10(18)19)6-4-32-15(20)21-6/h4,8,13H,2-3H2,1H3,(H2,20,21)(H,22,26)(H,28,29)/t8?,13-/m1/s1. The summed E-state index contributed by atoms with van der Waals surface area (Å²) < 4.78 is 1.21. The smallest absolute Gasteiger partial charge is 0.352 e. The Hall–Kier alpha value is -1.49. The molecule has 1 saturated heterocycles. The summed E-state index contributed by atoms with van der Waals surface area (Å²) in [6, 6.07) is -0.938. The van der Waals surface area contributed by atoms with Crippen LogP contribution in [0.4, 0.5) is 5.13 Å². The fourth-order valence-electron chi connectivity index (χ4n) is 3.20. The highest BCUT2D eigenvalue weighted by Gasteiger charge is 2.54. The topological polar surface area (TPSA) is 151 Å². The largest absolute Gasteiger partial charge is 0.477 e. The van der Waals surface area contributed by atoms with Crippen LogP contribution >= 0.6 is 81.2 Å². The minimum atomic E-state index is -1.21. The highest BCUT2D eigenvalue weighted by atomic mass is 35.5. The molecule has 0 aliphatic carbocycles. The number of anilines is 1. The molecule has 10 nitrogen and oxygen atoms in total. The molecule has 34 heavy (non-hydrogen) atoms. The summed E-state index contributed by atoms with van der Waals surface area (Å²) >= 11 is 18.5. The lowest BCUT2D eigenvalue weighted by molar-refractivity contribution is -0.150. The second-order valence-electron chi connectivity index (χ2n) is 6.65. The first-order chi connectivity index (χ1) is 16.2. The number of thioether (sulfide) groups is 3. The normalized spacial score (nSPS) is 19.5. The summed E-state index contributed by atoms with van der Waals surface area (Å²) in [5.74, 6) is -1.71. The number of nitrogens with one attached hydrogen (secondary N) is 1. The first-order valence-corrected chi connectivity index (χ1v) is 14.9. The summed E-state index contributed by atoms with van der Waals surface area (Å²) in [5.41, 5.74) is 6.22. The molecule has 4 N–H and O–H groups in total. The Labute approximate surface area is 223 Å². The predicted octanol–water partition coefficient (Wildman–Crippen LogP) is 2.98. The Morgan fingerprint density at radius 2 is 2.09 bits per heavy atom. The van der Waals surface area contributed by atoms with E-state index in [0.29, 0.717) is 21.4 Å². The van der Waals surface area contributed by atoms with Gasteiger partial charge in [-0.25, -0.2) is 9.78 Å². The van der Waals surface area contributed by atoms with Gasteiger partial charge >= 0.3 is 5.97 Å². The number of amides is 2. The van der Waals surface area contributed by atoms with Crippen molar-refractivity contribution in [3.63, 3.8) is 0 Å². The monoisotopic (exact) mass is 596 g/mol. The minimum Gasteiger partial charge on any atom is -0.477 e. The molecule has 1 fully saturated rings. The van der Waals surface area contributed by atoms with Crippen LogP contribution < -0.4 is 11.1 Å². The molecule has 17 heteroatoms. The van der Waals surface area contributed by atoms with Crippen molar-refractivity contribution in [2.24, 2.45) is 0 Å². The highest BCUT2D eigenvalue weighted by Crippen LogP contribution is 2.42. The first-order valence-electron chi connectivity index (χ1n) is 9.19. The molecule has 4 heterocycles. The number of rotatable bonds is 8. The number of carbonyl (C=O) groups is 3. The van der Waals surface area contributed by atoms with E-state index in [1.807, 2.05) is 6.26 Å². The van der Waals surface area contributed by atoms with Gasteiger partial charge in [-0.3, -0.25) is 14.5 Å². The van der Waals surface area contributed by atoms with E-state index in [1.165, 1.54) is 56.9 Å². The van der Waals surface area contributed by atoms with Crippen LogP contribution in [0.2, 0.25) is 0 Å². The van der Waals surface area contributed by atoms with Crippen LogP contribution in [0.5, 0.6) is 0 Å². The van der Waals surface area contributed by atoms with E-state index >= 15 is 0 Å². The number of aromatic nitrogens is 3. The van der Waals surface area contributed by atoms with Crippen LogP contribution in [0.3, 0.4) is 0 Å². The number of nitrogens with two attached hydrogens (primary N) is 1. The van der Waals surface area contributed by atoms with Crippen LogP contribution in [-0.4, -0.2) is 72.1 Å². The number of thiazole rings is 1. The first kappa shape index (κ1) is 25.6. The van der Waals surface area contributed by atoms with E-state index in [1.54, 1.807) is 0 Å². The van der Waals surface area contributed by atoms with Gasteiger partial charge in [-0.15, -0.1) is 33.3 Å². The van der Waals surface area contributed by atoms with Gasteiger partial charge in [0.1, 0.15) is 21.6 Å². The molecule has 0 radical (unpaired) electrons. The van der Waals surface area contributed by atoms with Crippen molar-refractivity contribution in [3.05, 3.63) is 26.8 Å². The third kappa shape index (κ3) is 5.05. The number of halogens is 2. The molecule has 0 bridgehead atoms. The Morgan fingerprint density at radius 3 is 2.68 bits per heavy atom. The van der Waals surface area contributed by atoms with Gasteiger partial charge in [0, 0.05) is 16.9 Å². The number of β-lactam (4-membered cyclic amide) rings is 1. The fourth-order valence-corrected chi connectivity index (χ4v) is 8.04. The van der Waals surface area contributed by atoms with E-state index in [-0.39, 0.29) is 26.6 Å². The molecule has 2 aliphatic rings. The molecule has 2 atom stereocenters. The Kier molecular flexibility index (Phi) is 8.01. The highest BCUT2D eigenvalue weighted by molar-refractivity contribution is 8.03. The quantitative estimate of drug-likeness (QED) is 0.234. The summed E-state index contributed by atoms with van der Waals surface area (Å²) in [4.78, 5) is 43.0. The number of carboxylic acids is 1. The van der Waals surface area contributed by atoms with Gasteiger partial charge in [0.25, 0.3) is 11.8 Å². The van der Waals surface area contributed by atoms with Gasteiger partial charge in [0.05, 0.1) is 11.3 Å². The maximum Gasteiger partial charge on any atom is 0.352 e. The zero-order chi connectivity index (χ0) is 24.6. The average molecular weight is 598 g/mol. The van der Waals surface area contributed by atoms with Gasteiger partial charge in [-0.2, -0.15) is 0 Å². The molecule has 0 saturated carbocycles. The van der Waals surface area contributed by atoms with Crippen molar-refractivity contribution in [2.75, 3.05) is 23.5 Å². The molecule has 1 unspecified atom stereocenters. The number of hydrogen-bond donors (Lipinski definition) is 3. The molecule has 180 valence electrons. The predicted molar refractivity (Wildman–Crippen MR) is 137 cm³/mol. The number of carbonyl (C=O) groups excluding carboxylic acids is 2. The number of nitrogen functional groups attached to an aromatic ring is 1. The van der Waals surface area contributed by atoms with Crippen molar-refractivity contribution in [3.8, 4) is 0 Å². The molecular formula is C17H14Cl2N6O4S5. The second-order valence-corrected chi connectivity index (χ2v) is 12.8. The molecule has 4 rings (SSSR count). The lowest BCUT2D eigenvalue weighted by atomic mass is 10.0. The van der Waals surface area contributed by atoms with E-state index in [9.17, 15) is 19.5 Å². The SMILES string of the molecule is CSc1nnc(SCC2=C(C(=O)O)N3C(=O)C(NC(=O)C(=C(Cl)Cl)c4csc(N)n4)[C@H]3SC2)s1. The molecule has 0 spiro atoms. The van der Waals surface area contributed by atoms with Gasteiger partial charge < -0.3 is 16.2 Å². The van der Waals surface area contributed by atoms with E-state index in [2.05, 4.69) is 20.5 Å². The van der Waals surface area contributed by atoms with Crippen molar-refractivity contribution in [2.45, 2.75) is 20.1 Å². The van der Waals surface area contributed by atoms with Crippen LogP contribution in [0.15, 0.2) is 29.8 Å². The fraction of sp³-hybridized carbons (Fsp3) is 0.294. The zero-order valence-corrected chi connectivity index (χ0v) is 22.6. The summed E-state index contributed by atoms with van der Waals surface area (Å²) in [5, 5.41) is 21.7. The summed E-state index contributed by atoms with van der Waals surface area (Å²) in [6.07, 6.45) is 1.90. The third-order valence-electron chi connectivity index (χ3n) is 4.66. The van der Waals surface area contributed by atoms with Gasteiger partial charge in [-0.1, -0.05) is 58.1 Å². The molecular weight excluding hydrogens is 583 g/mol. The third-order valence-corrected chi connectivity index (χ3v) is 10.2. The van der Waals surface area contributed by atoms with E-state index in [4.69, 9.17) is 28.9 Å². The number of carboxylic acid groups (broad SMARTS) is 1. The van der Waals surface area contributed by atoms with E-state index < -0.39 is 29.2 Å². The van der Waals surface area contributed by atoms with Crippen molar-refractivity contribution >= 4 is 110 Å². The maximum absolute atomic E-state index is 12.9. The van der Waals surface area contributed by atoms with Crippen LogP contribution in [0, 0.1) is 0 Å². The van der Waals surface area contributed by atoms with Gasteiger partial charge in [0.2, 0.25) is 0 Å². The lowest BCUT2D eigenvalue weighted by Gasteiger charge is -2.49. The van der Waals surface area contributed by atoms with Crippen LogP contribution in [0.25, 0.3) is 5.57 Å². The van der Waals surface area contributed by atoms with Crippen molar-refractivity contribution < 1.29 is 19.5 Å². The zero-order valence-electron chi connectivity index (χ0n) is 17.0. The van der Waals surface area contributed by atoms with Gasteiger partial charge in [-0.05, 0) is 11.8 Å². The lowest BCUT2D eigenvalue weighted by Crippen LogP contribution is -2.70. The second kappa shape index (κ2) is 10.6. The van der Waals surface area contributed by atoms with Crippen molar-refractivity contribution in [1.29, 1.82) is 0 Å².